The van der Waals surface area contributed by atoms with Crippen molar-refractivity contribution in [3.63, 3.8) is 0 Å². The number of nitrogens with zero attached hydrogens (tertiary/aromatic N) is 3. The zero-order valence-corrected chi connectivity index (χ0v) is 16.3. The summed E-state index contributed by atoms with van der Waals surface area (Å²) in [5.41, 5.74) is 1.65. The van der Waals surface area contributed by atoms with E-state index in [0.29, 0.717) is 40.3 Å². The van der Waals surface area contributed by atoms with E-state index >= 15 is 0 Å². The van der Waals surface area contributed by atoms with Crippen molar-refractivity contribution in [2.75, 3.05) is 12.4 Å². The molecule has 6 nitrogen and oxygen atoms in total. The summed E-state index contributed by atoms with van der Waals surface area (Å²) in [6, 6.07) is 5.98. The number of H-pyrrole nitrogens is 1. The highest BCUT2D eigenvalue weighted by atomic mass is 19.4. The minimum Gasteiger partial charge on any atom is -0.481 e. The van der Waals surface area contributed by atoms with E-state index in [1.54, 1.807) is 18.5 Å². The number of fused-ring (bicyclic) bond motifs is 1. The number of aromatic amines is 1. The van der Waals surface area contributed by atoms with Crippen LogP contribution < -0.4 is 10.1 Å². The molecule has 4 aromatic rings. The average molecular weight is 431 g/mol. The van der Waals surface area contributed by atoms with E-state index in [4.69, 9.17) is 4.74 Å². The lowest BCUT2D eigenvalue weighted by atomic mass is 10.1. The second-order valence-electron chi connectivity index (χ2n) is 6.84. The number of methoxy groups -OCH3 is 1. The highest BCUT2D eigenvalue weighted by Gasteiger charge is 2.31. The molecule has 0 saturated carbocycles. The smallest absolute Gasteiger partial charge is 0.417 e. The molecule has 0 aliphatic rings. The zero-order chi connectivity index (χ0) is 22.0. The third-order valence-electron chi connectivity index (χ3n) is 4.71. The number of hydrogen-bond acceptors (Lipinski definition) is 5. The molecule has 0 aliphatic carbocycles. The highest BCUT2D eigenvalue weighted by Crippen LogP contribution is 2.31. The van der Waals surface area contributed by atoms with E-state index in [-0.39, 0.29) is 6.54 Å². The first-order valence-corrected chi connectivity index (χ1v) is 9.24. The number of aromatic nitrogens is 4. The van der Waals surface area contributed by atoms with E-state index in [2.05, 4.69) is 25.3 Å². The van der Waals surface area contributed by atoms with Crippen LogP contribution in [-0.2, 0) is 19.1 Å². The van der Waals surface area contributed by atoms with Gasteiger partial charge < -0.3 is 15.0 Å². The molecule has 0 amide bonds. The van der Waals surface area contributed by atoms with Gasteiger partial charge in [0.05, 0.1) is 18.9 Å². The zero-order valence-electron chi connectivity index (χ0n) is 16.3. The first-order chi connectivity index (χ1) is 14.8. The van der Waals surface area contributed by atoms with Gasteiger partial charge in [-0.1, -0.05) is 6.07 Å². The van der Waals surface area contributed by atoms with Crippen molar-refractivity contribution in [2.45, 2.75) is 19.1 Å². The number of pyridine rings is 3. The molecule has 0 atom stereocenters. The molecule has 0 bridgehead atoms. The molecule has 0 saturated heterocycles. The van der Waals surface area contributed by atoms with Gasteiger partial charge in [-0.25, -0.2) is 19.3 Å². The van der Waals surface area contributed by atoms with Crippen LogP contribution in [0, 0.1) is 5.82 Å². The molecule has 4 heterocycles. The Morgan fingerprint density at radius 2 is 1.87 bits per heavy atom. The Kier molecular flexibility index (Phi) is 5.45. The lowest BCUT2D eigenvalue weighted by molar-refractivity contribution is -0.137. The van der Waals surface area contributed by atoms with Crippen molar-refractivity contribution >= 4 is 16.9 Å². The van der Waals surface area contributed by atoms with Gasteiger partial charge in [-0.15, -0.1) is 0 Å². The Morgan fingerprint density at radius 1 is 1.03 bits per heavy atom. The normalized spacial score (nSPS) is 11.6. The first-order valence-electron chi connectivity index (χ1n) is 9.24. The molecule has 10 heteroatoms. The number of nitrogens with one attached hydrogen (secondary N) is 2. The summed E-state index contributed by atoms with van der Waals surface area (Å²) >= 11 is 0. The van der Waals surface area contributed by atoms with E-state index in [1.807, 2.05) is 6.07 Å². The second kappa shape index (κ2) is 8.21. The lowest BCUT2D eigenvalue weighted by Crippen LogP contribution is -2.05. The van der Waals surface area contributed by atoms with Crippen molar-refractivity contribution < 1.29 is 22.3 Å². The SMILES string of the molecule is COc1ncc(F)cc1CNc1ccc(Cc2c[nH]c3ncc(C(F)(F)F)cc23)cn1. The summed E-state index contributed by atoms with van der Waals surface area (Å²) in [7, 11) is 1.45. The minimum atomic E-state index is -4.45. The van der Waals surface area contributed by atoms with E-state index < -0.39 is 17.6 Å². The standard InChI is InChI=1S/C21H17F4N5O/c1-31-20-14(5-16(22)11-30-20)9-27-18-3-2-12(7-26-18)4-13-8-28-19-17(13)6-15(10-29-19)21(23,24)25/h2-3,5-8,10-11H,4,9H2,1H3,(H,26,27)(H,28,29). The average Bonchev–Trinajstić information content (AvgIpc) is 3.15. The number of ether oxygens (including phenoxy) is 1. The Labute approximate surface area is 174 Å². The number of alkyl halides is 3. The summed E-state index contributed by atoms with van der Waals surface area (Å²) in [5.74, 6) is 0.398. The minimum absolute atomic E-state index is 0.259. The van der Waals surface area contributed by atoms with Crippen molar-refractivity contribution in [3.8, 4) is 5.88 Å². The van der Waals surface area contributed by atoms with Crippen LogP contribution in [0.15, 0.2) is 49.1 Å². The van der Waals surface area contributed by atoms with Crippen LogP contribution in [0.1, 0.15) is 22.3 Å². The summed E-state index contributed by atoms with van der Waals surface area (Å²) in [6.07, 6.45) is 1.10. The van der Waals surface area contributed by atoms with Gasteiger partial charge >= 0.3 is 6.18 Å². The fraction of sp³-hybridized carbons (Fsp3) is 0.190. The molecule has 31 heavy (non-hydrogen) atoms. The predicted octanol–water partition coefficient (Wildman–Crippen LogP) is 4.72. The van der Waals surface area contributed by atoms with Crippen molar-refractivity contribution in [3.05, 3.63) is 77.1 Å². The van der Waals surface area contributed by atoms with Crippen LogP contribution in [0.5, 0.6) is 5.88 Å². The summed E-state index contributed by atoms with van der Waals surface area (Å²) in [5, 5.41) is 3.48. The van der Waals surface area contributed by atoms with Gasteiger partial charge in [0.2, 0.25) is 5.88 Å². The van der Waals surface area contributed by atoms with Crippen LogP contribution in [0.2, 0.25) is 0 Å². The number of halogens is 4. The number of hydrogen-bond donors (Lipinski definition) is 2. The van der Waals surface area contributed by atoms with E-state index in [1.165, 1.54) is 13.2 Å². The lowest BCUT2D eigenvalue weighted by Gasteiger charge is -2.10. The maximum absolute atomic E-state index is 13.4. The molecule has 160 valence electrons. The molecular formula is C21H17F4N5O. The Balaban J connectivity index is 1.47. The van der Waals surface area contributed by atoms with Crippen LogP contribution in [-0.4, -0.2) is 27.0 Å². The van der Waals surface area contributed by atoms with Gasteiger partial charge in [-0.05, 0) is 29.3 Å². The van der Waals surface area contributed by atoms with E-state index in [9.17, 15) is 17.6 Å². The maximum atomic E-state index is 13.4. The largest absolute Gasteiger partial charge is 0.481 e. The van der Waals surface area contributed by atoms with Crippen LogP contribution in [0.3, 0.4) is 0 Å². The summed E-state index contributed by atoms with van der Waals surface area (Å²) in [4.78, 5) is 14.9. The van der Waals surface area contributed by atoms with Crippen LogP contribution in [0.4, 0.5) is 23.4 Å². The van der Waals surface area contributed by atoms with Crippen molar-refractivity contribution in [1.82, 2.24) is 19.9 Å². The molecule has 0 spiro atoms. The fourth-order valence-corrected chi connectivity index (χ4v) is 3.18. The Bertz CT molecular complexity index is 1200. The second-order valence-corrected chi connectivity index (χ2v) is 6.84. The molecule has 4 rings (SSSR count). The monoisotopic (exact) mass is 431 g/mol. The highest BCUT2D eigenvalue weighted by molar-refractivity contribution is 5.80. The number of rotatable bonds is 6. The number of anilines is 1. The Hall–Kier alpha value is -3.69. The predicted molar refractivity (Wildman–Crippen MR) is 106 cm³/mol. The molecule has 0 fully saturated rings. The third kappa shape index (κ3) is 4.57. The van der Waals surface area contributed by atoms with Gasteiger partial charge in [0.15, 0.2) is 0 Å². The van der Waals surface area contributed by atoms with Crippen LogP contribution >= 0.6 is 0 Å². The van der Waals surface area contributed by atoms with Gasteiger partial charge in [0.1, 0.15) is 17.3 Å². The summed E-state index contributed by atoms with van der Waals surface area (Å²) < 4.78 is 57.5. The molecule has 0 aromatic carbocycles. The van der Waals surface area contributed by atoms with Crippen molar-refractivity contribution in [2.24, 2.45) is 0 Å². The maximum Gasteiger partial charge on any atom is 0.417 e. The molecule has 0 radical (unpaired) electrons. The third-order valence-corrected chi connectivity index (χ3v) is 4.71. The molecule has 2 N–H and O–H groups in total. The van der Waals surface area contributed by atoms with E-state index in [0.717, 1.165) is 24.0 Å². The molecular weight excluding hydrogens is 414 g/mol. The quantitative estimate of drug-likeness (QED) is 0.432. The van der Waals surface area contributed by atoms with Crippen molar-refractivity contribution in [1.29, 1.82) is 0 Å². The van der Waals surface area contributed by atoms with Gasteiger partial charge in [0.25, 0.3) is 0 Å². The molecule has 4 aromatic heterocycles. The molecule has 0 aliphatic heterocycles. The van der Waals surface area contributed by atoms with Gasteiger partial charge in [-0.3, -0.25) is 0 Å². The summed E-state index contributed by atoms with van der Waals surface area (Å²) in [6.45, 7) is 0.259. The molecule has 0 unspecified atom stereocenters. The Morgan fingerprint density at radius 3 is 2.58 bits per heavy atom. The van der Waals surface area contributed by atoms with Crippen LogP contribution in [0.25, 0.3) is 11.0 Å². The fourth-order valence-electron chi connectivity index (χ4n) is 3.18. The van der Waals surface area contributed by atoms with Gasteiger partial charge in [-0.2, -0.15) is 13.2 Å². The topological polar surface area (TPSA) is 75.7 Å². The first kappa shape index (κ1) is 20.6. The van der Waals surface area contributed by atoms with Gasteiger partial charge in [0, 0.05) is 42.5 Å².